The average Bonchev–Trinajstić information content (AvgIpc) is 3.35. The predicted molar refractivity (Wildman–Crippen MR) is 104 cm³/mol. The summed E-state index contributed by atoms with van der Waals surface area (Å²) in [5, 5.41) is 4.68. The van der Waals surface area contributed by atoms with E-state index in [1.165, 1.54) is 25.7 Å². The number of benzene rings is 1. The van der Waals surface area contributed by atoms with E-state index in [2.05, 4.69) is 10.1 Å². The van der Waals surface area contributed by atoms with Crippen molar-refractivity contribution in [2.24, 2.45) is 5.41 Å². The molecule has 27 heavy (non-hydrogen) atoms. The third-order valence-electron chi connectivity index (χ3n) is 5.91. The lowest BCUT2D eigenvalue weighted by molar-refractivity contribution is 0.00882. The molecule has 0 atom stereocenters. The molecule has 1 aliphatic heterocycles. The number of rotatable bonds is 3. The van der Waals surface area contributed by atoms with Gasteiger partial charge in [0.15, 0.2) is 5.69 Å². The minimum Gasteiger partial charge on any atom is -0.336 e. The summed E-state index contributed by atoms with van der Waals surface area (Å²) in [4.78, 5) is 19.1. The second-order valence-electron chi connectivity index (χ2n) is 7.77. The molecule has 2 fully saturated rings. The third kappa shape index (κ3) is 2.83. The first-order valence-corrected chi connectivity index (χ1v) is 9.59. The van der Waals surface area contributed by atoms with Gasteiger partial charge in [0.05, 0.1) is 11.4 Å². The van der Waals surface area contributed by atoms with Gasteiger partial charge in [-0.25, -0.2) is 4.68 Å². The zero-order valence-corrected chi connectivity index (χ0v) is 15.2. The number of aromatic nitrogens is 3. The zero-order chi connectivity index (χ0) is 18.3. The molecule has 3 heterocycles. The lowest BCUT2D eigenvalue weighted by atomic mass is 9.78. The first-order chi connectivity index (χ1) is 13.2. The number of amides is 1. The van der Waals surface area contributed by atoms with E-state index in [1.807, 2.05) is 58.1 Å². The summed E-state index contributed by atoms with van der Waals surface area (Å²) >= 11 is 0. The Labute approximate surface area is 158 Å². The van der Waals surface area contributed by atoms with Crippen LogP contribution < -0.4 is 0 Å². The highest BCUT2D eigenvalue weighted by molar-refractivity contribution is 5.94. The molecule has 5 rings (SSSR count). The molecule has 1 amide bonds. The van der Waals surface area contributed by atoms with E-state index in [4.69, 9.17) is 0 Å². The minimum atomic E-state index is 0.0394. The monoisotopic (exact) mass is 358 g/mol. The first kappa shape index (κ1) is 16.2. The minimum absolute atomic E-state index is 0.0394. The molecule has 5 heteroatoms. The Morgan fingerprint density at radius 2 is 1.67 bits per heavy atom. The molecule has 1 aliphatic carbocycles. The summed E-state index contributed by atoms with van der Waals surface area (Å²) in [5.41, 5.74) is 3.75. The second-order valence-corrected chi connectivity index (χ2v) is 7.77. The van der Waals surface area contributed by atoms with Crippen LogP contribution in [0.5, 0.6) is 0 Å². The van der Waals surface area contributed by atoms with E-state index in [1.54, 1.807) is 12.4 Å². The highest BCUT2D eigenvalue weighted by Crippen LogP contribution is 2.45. The van der Waals surface area contributed by atoms with Crippen molar-refractivity contribution in [3.8, 4) is 16.9 Å². The number of pyridine rings is 1. The SMILES string of the molecule is O=C(c1cc(-c2ccncc2)n(-c2ccccc2)n1)N1CC2(CCCC2)C1. The maximum Gasteiger partial charge on any atom is 0.274 e. The highest BCUT2D eigenvalue weighted by Gasteiger charge is 2.47. The summed E-state index contributed by atoms with van der Waals surface area (Å²) in [6.45, 7) is 1.77. The number of hydrogen-bond donors (Lipinski definition) is 0. The Kier molecular flexibility index (Phi) is 3.81. The van der Waals surface area contributed by atoms with Crippen molar-refractivity contribution >= 4 is 5.91 Å². The summed E-state index contributed by atoms with van der Waals surface area (Å²) < 4.78 is 1.85. The number of nitrogens with zero attached hydrogens (tertiary/aromatic N) is 4. The fraction of sp³-hybridized carbons (Fsp3) is 0.318. The van der Waals surface area contributed by atoms with E-state index in [0.717, 1.165) is 30.0 Å². The van der Waals surface area contributed by atoms with Crippen molar-refractivity contribution < 1.29 is 4.79 Å². The Morgan fingerprint density at radius 1 is 0.963 bits per heavy atom. The molecular weight excluding hydrogens is 336 g/mol. The maximum absolute atomic E-state index is 13.0. The van der Waals surface area contributed by atoms with Gasteiger partial charge in [0.2, 0.25) is 0 Å². The summed E-state index contributed by atoms with van der Waals surface area (Å²) in [5.74, 6) is 0.0394. The van der Waals surface area contributed by atoms with Crippen LogP contribution in [0, 0.1) is 5.41 Å². The summed E-state index contributed by atoms with van der Waals surface area (Å²) in [6.07, 6.45) is 8.65. The zero-order valence-electron chi connectivity index (χ0n) is 15.2. The number of carbonyl (C=O) groups is 1. The van der Waals surface area contributed by atoms with Gasteiger partial charge in [-0.1, -0.05) is 31.0 Å². The normalized spacial score (nSPS) is 17.9. The van der Waals surface area contributed by atoms with Gasteiger partial charge < -0.3 is 4.90 Å². The fourth-order valence-corrected chi connectivity index (χ4v) is 4.49. The van der Waals surface area contributed by atoms with Crippen molar-refractivity contribution in [1.29, 1.82) is 0 Å². The molecule has 0 bridgehead atoms. The molecule has 5 nitrogen and oxygen atoms in total. The van der Waals surface area contributed by atoms with Crippen LogP contribution in [-0.2, 0) is 0 Å². The largest absolute Gasteiger partial charge is 0.336 e. The molecule has 0 N–H and O–H groups in total. The molecule has 0 unspecified atom stereocenters. The standard InChI is InChI=1S/C22H22N4O/c27-21(25-15-22(16-25)10-4-5-11-22)19-14-20(17-8-12-23-13-9-17)26(24-19)18-6-2-1-3-7-18/h1-3,6-9,12-14H,4-5,10-11,15-16H2. The van der Waals surface area contributed by atoms with Crippen LogP contribution >= 0.6 is 0 Å². The molecule has 2 aromatic heterocycles. The van der Waals surface area contributed by atoms with Crippen LogP contribution in [0.4, 0.5) is 0 Å². The van der Waals surface area contributed by atoms with Crippen molar-refractivity contribution in [3.63, 3.8) is 0 Å². The molecule has 1 saturated carbocycles. The smallest absolute Gasteiger partial charge is 0.274 e. The van der Waals surface area contributed by atoms with E-state index in [0.29, 0.717) is 11.1 Å². The Hall–Kier alpha value is -2.95. The van der Waals surface area contributed by atoms with Gasteiger partial charge in [-0.15, -0.1) is 0 Å². The van der Waals surface area contributed by atoms with Crippen molar-refractivity contribution in [1.82, 2.24) is 19.7 Å². The van der Waals surface area contributed by atoms with Crippen LogP contribution in [0.2, 0.25) is 0 Å². The summed E-state index contributed by atoms with van der Waals surface area (Å²) in [7, 11) is 0. The van der Waals surface area contributed by atoms with Crippen LogP contribution in [0.3, 0.4) is 0 Å². The molecule has 1 saturated heterocycles. The number of carbonyl (C=O) groups excluding carboxylic acids is 1. The average molecular weight is 358 g/mol. The predicted octanol–water partition coefficient (Wildman–Crippen LogP) is 3.95. The van der Waals surface area contributed by atoms with Gasteiger partial charge >= 0.3 is 0 Å². The lowest BCUT2D eigenvalue weighted by Gasteiger charge is -2.48. The molecule has 2 aliphatic rings. The van der Waals surface area contributed by atoms with Gasteiger partial charge in [0.25, 0.3) is 5.91 Å². The van der Waals surface area contributed by atoms with Gasteiger partial charge in [-0.3, -0.25) is 9.78 Å². The second kappa shape index (κ2) is 6.34. The van der Waals surface area contributed by atoms with Crippen molar-refractivity contribution in [2.45, 2.75) is 25.7 Å². The Balaban J connectivity index is 1.49. The molecule has 1 aromatic carbocycles. The topological polar surface area (TPSA) is 51.0 Å². The highest BCUT2D eigenvalue weighted by atomic mass is 16.2. The number of likely N-dealkylation sites (tertiary alicyclic amines) is 1. The summed E-state index contributed by atoms with van der Waals surface area (Å²) in [6, 6.07) is 15.7. The maximum atomic E-state index is 13.0. The molecular formula is C22H22N4O. The van der Waals surface area contributed by atoms with Crippen molar-refractivity contribution in [3.05, 3.63) is 66.6 Å². The molecule has 1 spiro atoms. The lowest BCUT2D eigenvalue weighted by Crippen LogP contribution is -2.57. The van der Waals surface area contributed by atoms with Gasteiger partial charge in [0.1, 0.15) is 0 Å². The van der Waals surface area contributed by atoms with Crippen molar-refractivity contribution in [2.75, 3.05) is 13.1 Å². The van der Waals surface area contributed by atoms with Gasteiger partial charge in [-0.2, -0.15) is 5.10 Å². The van der Waals surface area contributed by atoms with Gasteiger partial charge in [0, 0.05) is 36.5 Å². The quantitative estimate of drug-likeness (QED) is 0.712. The van der Waals surface area contributed by atoms with E-state index < -0.39 is 0 Å². The third-order valence-corrected chi connectivity index (χ3v) is 5.91. The molecule has 3 aromatic rings. The van der Waals surface area contributed by atoms with Crippen LogP contribution in [0.15, 0.2) is 60.9 Å². The van der Waals surface area contributed by atoms with Crippen LogP contribution in [0.25, 0.3) is 16.9 Å². The van der Waals surface area contributed by atoms with Gasteiger partial charge in [-0.05, 0) is 43.2 Å². The Bertz CT molecular complexity index is 893. The number of hydrogen-bond acceptors (Lipinski definition) is 3. The van der Waals surface area contributed by atoms with Crippen LogP contribution in [0.1, 0.15) is 36.2 Å². The van der Waals surface area contributed by atoms with E-state index in [-0.39, 0.29) is 5.91 Å². The fourth-order valence-electron chi connectivity index (χ4n) is 4.49. The Morgan fingerprint density at radius 3 is 2.37 bits per heavy atom. The first-order valence-electron chi connectivity index (χ1n) is 9.59. The van der Waals surface area contributed by atoms with E-state index >= 15 is 0 Å². The van der Waals surface area contributed by atoms with Crippen LogP contribution in [-0.4, -0.2) is 38.7 Å². The molecule has 0 radical (unpaired) electrons. The molecule has 136 valence electrons. The number of para-hydroxylation sites is 1. The van der Waals surface area contributed by atoms with E-state index in [9.17, 15) is 4.79 Å².